The van der Waals surface area contributed by atoms with Gasteiger partial charge >= 0.3 is 0 Å². The van der Waals surface area contributed by atoms with E-state index in [9.17, 15) is 44.3 Å². The zero-order valence-corrected chi connectivity index (χ0v) is 44.9. The molecule has 20 nitrogen and oxygen atoms in total. The van der Waals surface area contributed by atoms with Crippen molar-refractivity contribution in [2.75, 3.05) is 25.9 Å². The summed E-state index contributed by atoms with van der Waals surface area (Å²) in [4.78, 5) is 105. The molecule has 1 aromatic heterocycles. The Hall–Kier alpha value is -6.51. The maximum Gasteiger partial charge on any atom is 0.245 e. The summed E-state index contributed by atoms with van der Waals surface area (Å²) in [6.07, 6.45) is 5.37. The molecule has 2 aliphatic heterocycles. The second-order valence-corrected chi connectivity index (χ2v) is 21.6. The number of nitrogens with zero attached hydrogens (tertiary/aromatic N) is 4. The Balaban J connectivity index is 1.68. The Morgan fingerprint density at radius 3 is 1.81 bits per heavy atom. The number of rotatable bonds is 15. The van der Waals surface area contributed by atoms with E-state index >= 15 is 4.79 Å². The number of aromatic nitrogens is 1. The zero-order valence-electron chi connectivity index (χ0n) is 44.9. The second-order valence-electron chi connectivity index (χ2n) is 21.6. The Bertz CT molecular complexity index is 2530. The van der Waals surface area contributed by atoms with E-state index in [1.54, 1.807) is 19.1 Å². The van der Waals surface area contributed by atoms with Crippen LogP contribution in [0.2, 0.25) is 0 Å². The van der Waals surface area contributed by atoms with Crippen molar-refractivity contribution < 1.29 is 53.8 Å². The number of carbonyl (C=O) groups is 7. The number of benzene rings is 2. The molecule has 20 heteroatoms. The first-order chi connectivity index (χ1) is 34.7. The largest absolute Gasteiger partial charge is 0.871 e. The first kappa shape index (κ1) is 58.4. The van der Waals surface area contributed by atoms with Gasteiger partial charge in [0.2, 0.25) is 41.4 Å². The summed E-state index contributed by atoms with van der Waals surface area (Å²) in [6.45, 7) is 19.1. The SMILES string of the molecule is C/C=C/C[C@H]1NC(=O)[C@H](CC(C)C)NC(=O)[C@H](CC(C)C)N(C)C(=O)[C@H](C)NC(=O)[C@H](Cc2ccc([O-])c(N(O)O)c2)NC(=O)[C@H](CC(C)C)N(C)C(=O)[C@H](Cc2cn(C(C)(C)[C@@H]3CO3)c3ccccc23)NC1=O. The average Bonchev–Trinajstić information content (AvgIpc) is 4.14. The number of hydrogen-bond acceptors (Lipinski definition) is 12. The summed E-state index contributed by atoms with van der Waals surface area (Å²) in [5, 5.41) is 46.7. The molecule has 0 bridgehead atoms. The molecule has 0 radical (unpaired) electrons. The molecule has 2 aliphatic rings. The van der Waals surface area contributed by atoms with Gasteiger partial charge in [-0.1, -0.05) is 89.8 Å². The quantitative estimate of drug-likeness (QED) is 0.0656. The van der Waals surface area contributed by atoms with Crippen molar-refractivity contribution in [3.63, 3.8) is 0 Å². The van der Waals surface area contributed by atoms with Crippen LogP contribution in [0.15, 0.2) is 60.8 Å². The van der Waals surface area contributed by atoms with E-state index in [-0.39, 0.29) is 73.2 Å². The van der Waals surface area contributed by atoms with Crippen molar-refractivity contribution in [1.29, 1.82) is 0 Å². The van der Waals surface area contributed by atoms with Gasteiger partial charge in [0.25, 0.3) is 0 Å². The van der Waals surface area contributed by atoms with Crippen LogP contribution >= 0.6 is 0 Å². The zero-order chi connectivity index (χ0) is 54.9. The molecular formula is C54H78N9O11-. The van der Waals surface area contributed by atoms with Crippen LogP contribution in [0, 0.1) is 17.8 Å². The van der Waals surface area contributed by atoms with E-state index < -0.39 is 101 Å². The van der Waals surface area contributed by atoms with Crippen LogP contribution in [0.25, 0.3) is 10.9 Å². The fourth-order valence-electron chi connectivity index (χ4n) is 9.51. The van der Waals surface area contributed by atoms with Gasteiger partial charge in [-0.3, -0.25) is 44.0 Å². The predicted octanol–water partition coefficient (Wildman–Crippen LogP) is 3.43. The van der Waals surface area contributed by atoms with Crippen LogP contribution in [0.1, 0.15) is 106 Å². The number of epoxide rings is 1. The number of amides is 7. The monoisotopic (exact) mass is 1030 g/mol. The number of nitrogens with one attached hydrogen (secondary N) is 5. The third kappa shape index (κ3) is 14.6. The smallest absolute Gasteiger partial charge is 0.245 e. The highest BCUT2D eigenvalue weighted by molar-refractivity contribution is 5.99. The highest BCUT2D eigenvalue weighted by atomic mass is 16.8. The van der Waals surface area contributed by atoms with E-state index in [1.807, 2.05) is 72.0 Å². The van der Waals surface area contributed by atoms with Gasteiger partial charge in [-0.15, -0.1) is 5.23 Å². The lowest BCUT2D eigenvalue weighted by Gasteiger charge is -2.33. The Morgan fingerprint density at radius 1 is 0.716 bits per heavy atom. The number of allylic oxidation sites excluding steroid dienone is 1. The van der Waals surface area contributed by atoms with Crippen LogP contribution in [0.4, 0.5) is 5.69 Å². The molecular weight excluding hydrogens is 951 g/mol. The third-order valence-electron chi connectivity index (χ3n) is 13.8. The van der Waals surface area contributed by atoms with E-state index in [1.165, 1.54) is 36.9 Å². The minimum absolute atomic E-state index is 0.0155. The van der Waals surface area contributed by atoms with Crippen molar-refractivity contribution in [1.82, 2.24) is 41.0 Å². The van der Waals surface area contributed by atoms with Gasteiger partial charge in [-0.2, -0.15) is 0 Å². The Labute approximate surface area is 434 Å². The Kier molecular flexibility index (Phi) is 19.8. The molecule has 8 atom stereocenters. The molecule has 0 unspecified atom stereocenters. The number of para-hydroxylation sites is 1. The number of carbonyl (C=O) groups excluding carboxylic acids is 7. The van der Waals surface area contributed by atoms with E-state index in [0.29, 0.717) is 12.2 Å². The summed E-state index contributed by atoms with van der Waals surface area (Å²) >= 11 is 0. The van der Waals surface area contributed by atoms with Crippen molar-refractivity contribution in [2.45, 2.75) is 162 Å². The molecule has 406 valence electrons. The second kappa shape index (κ2) is 25.1. The number of likely N-dealkylation sites (N-methyl/N-ethyl adjacent to an activating group) is 2. The molecule has 7 amide bonds. The molecule has 0 aliphatic carbocycles. The maximum atomic E-state index is 15.3. The van der Waals surface area contributed by atoms with Crippen LogP contribution in [0.5, 0.6) is 5.75 Å². The first-order valence-electron chi connectivity index (χ1n) is 25.6. The summed E-state index contributed by atoms with van der Waals surface area (Å²) < 4.78 is 7.85. The fourth-order valence-corrected chi connectivity index (χ4v) is 9.51. The molecule has 5 rings (SSSR count). The van der Waals surface area contributed by atoms with Gasteiger partial charge in [-0.05, 0) is 94.4 Å². The predicted molar refractivity (Wildman–Crippen MR) is 277 cm³/mol. The lowest BCUT2D eigenvalue weighted by molar-refractivity contribution is -0.268. The van der Waals surface area contributed by atoms with Crippen LogP contribution in [-0.2, 0) is 56.7 Å². The number of ether oxygens (including phenoxy) is 1. The van der Waals surface area contributed by atoms with Gasteiger partial charge in [-0.25, -0.2) is 0 Å². The standard InChI is InChI=1S/C54H79N9O11/c1-13-14-18-37-47(65)59-40(27-35-28-62(54(9,10)46-29-74-46)41-19-16-15-17-36(35)41)53(71)61(12)44(24-32(6)7)51(69)58-39(25-34-20-21-45(64)42(26-34)63(72)73)48(66)55-33(8)52(70)60(11)43(23-31(4)5)50(68)57-38(22-30(2)3)49(67)56-37/h13-17,19-21,26,28,30-33,37-40,43-44,46,64,72-73H,18,22-25,27,29H2,1-12H3,(H,55,66)(H,56,67)(H,57,68)(H,58,69)(H,59,65)/p-1/b14-13+/t33-,37+,38-,39-,40-,43-,44-,46-/m0/s1. The lowest BCUT2D eigenvalue weighted by atomic mass is 9.98. The molecule has 2 aromatic carbocycles. The first-order valence-corrected chi connectivity index (χ1v) is 25.6. The van der Waals surface area contributed by atoms with Gasteiger partial charge in [0.15, 0.2) is 0 Å². The molecule has 7 N–H and O–H groups in total. The van der Waals surface area contributed by atoms with Gasteiger partial charge in [0, 0.05) is 44.0 Å². The van der Waals surface area contributed by atoms with Crippen molar-refractivity contribution >= 4 is 57.9 Å². The third-order valence-corrected chi connectivity index (χ3v) is 13.8. The van der Waals surface area contributed by atoms with Crippen molar-refractivity contribution in [3.05, 3.63) is 71.9 Å². The average molecular weight is 1030 g/mol. The molecule has 3 aromatic rings. The molecule has 74 heavy (non-hydrogen) atoms. The minimum atomic E-state index is -1.48. The molecule has 3 heterocycles. The van der Waals surface area contributed by atoms with Gasteiger partial charge in [0.1, 0.15) is 48.4 Å². The summed E-state index contributed by atoms with van der Waals surface area (Å²) in [5.41, 5.74) is 0.780. The highest BCUT2D eigenvalue weighted by Crippen LogP contribution is 2.36. The number of fused-ring (bicyclic) bond motifs is 1. The maximum absolute atomic E-state index is 15.3. The van der Waals surface area contributed by atoms with Crippen LogP contribution < -0.4 is 36.9 Å². The topological polar surface area (TPSA) is 270 Å². The minimum Gasteiger partial charge on any atom is -0.871 e. The molecule has 0 spiro atoms. The normalized spacial score (nSPS) is 24.5. The van der Waals surface area contributed by atoms with E-state index in [4.69, 9.17) is 4.74 Å². The van der Waals surface area contributed by atoms with Gasteiger partial charge < -0.3 is 50.8 Å². The van der Waals surface area contributed by atoms with Crippen LogP contribution in [0.3, 0.4) is 0 Å². The lowest BCUT2D eigenvalue weighted by Crippen LogP contribution is -2.60. The fraction of sp³-hybridized carbons (Fsp3) is 0.574. The number of anilines is 1. The molecule has 0 saturated carbocycles. The highest BCUT2D eigenvalue weighted by Gasteiger charge is 2.43. The van der Waals surface area contributed by atoms with Crippen molar-refractivity contribution in [2.24, 2.45) is 17.8 Å². The molecule has 2 fully saturated rings. The molecule has 2 saturated heterocycles. The Morgan fingerprint density at radius 2 is 1.24 bits per heavy atom. The van der Waals surface area contributed by atoms with Gasteiger partial charge in [0.05, 0.1) is 17.8 Å². The summed E-state index contributed by atoms with van der Waals surface area (Å²) in [7, 11) is 2.86. The summed E-state index contributed by atoms with van der Waals surface area (Å²) in [5.74, 6) is -6.11. The van der Waals surface area contributed by atoms with Crippen LogP contribution in [-0.4, -0.2) is 135 Å². The summed E-state index contributed by atoms with van der Waals surface area (Å²) in [6, 6.07) is 2.38. The van der Waals surface area contributed by atoms with Crippen molar-refractivity contribution in [3.8, 4) is 5.75 Å². The van der Waals surface area contributed by atoms with E-state index in [2.05, 4.69) is 45.0 Å². The van der Waals surface area contributed by atoms with E-state index in [0.717, 1.165) is 23.0 Å². The number of hydrogen-bond donors (Lipinski definition) is 7.